The quantitative estimate of drug-likeness (QED) is 0.176. The molecule has 1 fully saturated rings. The summed E-state index contributed by atoms with van der Waals surface area (Å²) in [6.45, 7) is 1.48. The maximum absolute atomic E-state index is 14.5. The number of para-hydroxylation sites is 1. The van der Waals surface area contributed by atoms with Crippen LogP contribution in [0.2, 0.25) is 0 Å². The summed E-state index contributed by atoms with van der Waals surface area (Å²) >= 11 is 0. The second-order valence-electron chi connectivity index (χ2n) is 11.4. The van der Waals surface area contributed by atoms with Gasteiger partial charge in [-0.1, -0.05) is 49.6 Å². The summed E-state index contributed by atoms with van der Waals surface area (Å²) in [5, 5.41) is 4.29. The third-order valence-corrected chi connectivity index (χ3v) is 8.54. The van der Waals surface area contributed by atoms with E-state index in [-0.39, 0.29) is 30.1 Å². The highest BCUT2D eigenvalue weighted by Crippen LogP contribution is 2.42. The number of amides is 2. The summed E-state index contributed by atoms with van der Waals surface area (Å²) in [5.74, 6) is 0.394. The predicted molar refractivity (Wildman–Crippen MR) is 174 cm³/mol. The minimum atomic E-state index is -1.08. The average Bonchev–Trinajstić information content (AvgIpc) is 3.48. The van der Waals surface area contributed by atoms with Gasteiger partial charge in [0, 0.05) is 40.8 Å². The lowest BCUT2D eigenvalue weighted by atomic mass is 9.94. The van der Waals surface area contributed by atoms with Crippen LogP contribution in [-0.2, 0) is 16.0 Å². The van der Waals surface area contributed by atoms with Gasteiger partial charge in [0.05, 0.1) is 21.3 Å². The van der Waals surface area contributed by atoms with Crippen molar-refractivity contribution >= 4 is 34.2 Å². The zero-order valence-electron chi connectivity index (χ0n) is 26.4. The van der Waals surface area contributed by atoms with Crippen LogP contribution < -0.4 is 24.4 Å². The number of hydrogen-bond acceptors (Lipinski definition) is 6. The van der Waals surface area contributed by atoms with E-state index in [4.69, 9.17) is 14.2 Å². The van der Waals surface area contributed by atoms with E-state index in [1.54, 1.807) is 36.4 Å². The largest absolute Gasteiger partial charge is 0.493 e. The van der Waals surface area contributed by atoms with Gasteiger partial charge in [0.1, 0.15) is 6.04 Å². The number of nitrogens with zero attached hydrogens (tertiary/aromatic N) is 1. The zero-order valence-corrected chi connectivity index (χ0v) is 26.4. The van der Waals surface area contributed by atoms with Crippen LogP contribution >= 0.6 is 0 Å². The molecule has 1 saturated carbocycles. The average molecular weight is 612 g/mol. The number of hydrogen-bond donors (Lipinski definition) is 2. The van der Waals surface area contributed by atoms with Gasteiger partial charge in [0.2, 0.25) is 17.6 Å². The first kappa shape index (κ1) is 31.6. The molecule has 1 aromatic heterocycles. The molecule has 9 heteroatoms. The fraction of sp³-hybridized carbons (Fsp3) is 0.361. The molecule has 1 heterocycles. The maximum atomic E-state index is 14.5. The van der Waals surface area contributed by atoms with E-state index >= 15 is 0 Å². The smallest absolute Gasteiger partial charge is 0.248 e. The number of benzene rings is 3. The van der Waals surface area contributed by atoms with E-state index in [1.165, 1.54) is 33.2 Å². The van der Waals surface area contributed by atoms with Gasteiger partial charge in [-0.3, -0.25) is 19.3 Å². The van der Waals surface area contributed by atoms with Crippen LogP contribution in [0.3, 0.4) is 0 Å². The van der Waals surface area contributed by atoms with Crippen molar-refractivity contribution in [2.45, 2.75) is 64.0 Å². The number of ketones is 1. The van der Waals surface area contributed by atoms with Crippen LogP contribution in [0.5, 0.6) is 17.2 Å². The van der Waals surface area contributed by atoms with Crippen LogP contribution in [-0.4, -0.2) is 50.0 Å². The second kappa shape index (κ2) is 14.3. The topological polar surface area (TPSA) is 110 Å². The van der Waals surface area contributed by atoms with Crippen molar-refractivity contribution in [1.82, 2.24) is 10.3 Å². The maximum Gasteiger partial charge on any atom is 0.248 e. The third-order valence-electron chi connectivity index (χ3n) is 8.54. The number of H-pyrrole nitrogens is 1. The number of carbonyl (C=O) groups excluding carboxylic acids is 3. The zero-order chi connectivity index (χ0) is 31.9. The van der Waals surface area contributed by atoms with E-state index in [0.29, 0.717) is 40.5 Å². The molecule has 236 valence electrons. The summed E-state index contributed by atoms with van der Waals surface area (Å²) < 4.78 is 16.8. The number of Topliss-reactive ketones (excluding diaryl/α,β-unsaturated/α-hetero) is 1. The van der Waals surface area contributed by atoms with E-state index in [2.05, 4.69) is 10.3 Å². The Morgan fingerprint density at radius 1 is 0.911 bits per heavy atom. The fourth-order valence-electron chi connectivity index (χ4n) is 6.22. The Bertz CT molecular complexity index is 1650. The molecular weight excluding hydrogens is 570 g/mol. The van der Waals surface area contributed by atoms with Crippen molar-refractivity contribution in [2.75, 3.05) is 26.2 Å². The Morgan fingerprint density at radius 3 is 2.29 bits per heavy atom. The van der Waals surface area contributed by atoms with Crippen LogP contribution in [0.1, 0.15) is 73.0 Å². The lowest BCUT2D eigenvalue weighted by Crippen LogP contribution is -2.47. The SMILES string of the molecule is COc1cc([C@H](C(=O)NC2CCCCC2)N(C(=O)CCc2c[nH]c3ccccc23)c2cccc(C(C)=O)c2)cc(OC)c1OC. The molecule has 45 heavy (non-hydrogen) atoms. The normalized spacial score (nSPS) is 14.0. The molecule has 0 unspecified atom stereocenters. The first-order valence-electron chi connectivity index (χ1n) is 15.4. The van der Waals surface area contributed by atoms with E-state index < -0.39 is 6.04 Å². The van der Waals surface area contributed by atoms with E-state index in [1.807, 2.05) is 30.5 Å². The number of methoxy groups -OCH3 is 3. The molecule has 3 aromatic carbocycles. The Hall–Kier alpha value is -4.79. The van der Waals surface area contributed by atoms with E-state index in [0.717, 1.165) is 48.6 Å². The molecule has 0 saturated heterocycles. The van der Waals surface area contributed by atoms with Crippen molar-refractivity contribution in [2.24, 2.45) is 0 Å². The number of nitrogens with one attached hydrogen (secondary N) is 2. The van der Waals surface area contributed by atoms with Crippen molar-refractivity contribution < 1.29 is 28.6 Å². The van der Waals surface area contributed by atoms with Crippen molar-refractivity contribution in [3.63, 3.8) is 0 Å². The second-order valence-corrected chi connectivity index (χ2v) is 11.4. The molecule has 0 radical (unpaired) electrons. The first-order chi connectivity index (χ1) is 21.8. The third kappa shape index (κ3) is 6.98. The predicted octanol–water partition coefficient (Wildman–Crippen LogP) is 6.55. The Morgan fingerprint density at radius 2 is 1.62 bits per heavy atom. The number of carbonyl (C=O) groups is 3. The number of rotatable bonds is 12. The molecule has 0 bridgehead atoms. The fourth-order valence-corrected chi connectivity index (χ4v) is 6.22. The van der Waals surface area contributed by atoms with Gasteiger partial charge in [-0.2, -0.15) is 0 Å². The van der Waals surface area contributed by atoms with Crippen LogP contribution in [0.15, 0.2) is 66.9 Å². The number of aromatic nitrogens is 1. The number of ether oxygens (including phenoxy) is 3. The molecule has 0 spiro atoms. The molecule has 1 atom stereocenters. The summed E-state index contributed by atoms with van der Waals surface area (Å²) in [5.41, 5.74) is 3.38. The summed E-state index contributed by atoms with van der Waals surface area (Å²) in [7, 11) is 4.54. The molecule has 1 aliphatic rings. The van der Waals surface area contributed by atoms with Crippen LogP contribution in [0, 0.1) is 0 Å². The van der Waals surface area contributed by atoms with Crippen molar-refractivity contribution in [3.05, 3.63) is 83.6 Å². The highest BCUT2D eigenvalue weighted by molar-refractivity contribution is 6.03. The number of anilines is 1. The molecule has 2 N–H and O–H groups in total. The number of fused-ring (bicyclic) bond motifs is 1. The lowest BCUT2D eigenvalue weighted by molar-refractivity contribution is -0.127. The summed E-state index contributed by atoms with van der Waals surface area (Å²) in [6, 6.07) is 17.2. The Labute approximate surface area is 263 Å². The van der Waals surface area contributed by atoms with Gasteiger partial charge in [-0.15, -0.1) is 0 Å². The Kier molecular flexibility index (Phi) is 10.1. The minimum Gasteiger partial charge on any atom is -0.493 e. The van der Waals surface area contributed by atoms with Gasteiger partial charge in [-0.05, 0) is 67.6 Å². The Balaban J connectivity index is 1.62. The molecule has 0 aliphatic heterocycles. The number of aromatic amines is 1. The van der Waals surface area contributed by atoms with Gasteiger partial charge < -0.3 is 24.5 Å². The van der Waals surface area contributed by atoms with Gasteiger partial charge in [0.25, 0.3) is 0 Å². The first-order valence-corrected chi connectivity index (χ1v) is 15.4. The van der Waals surface area contributed by atoms with Gasteiger partial charge in [-0.25, -0.2) is 0 Å². The molecule has 1 aliphatic carbocycles. The van der Waals surface area contributed by atoms with Crippen LogP contribution in [0.25, 0.3) is 10.9 Å². The highest BCUT2D eigenvalue weighted by Gasteiger charge is 2.35. The summed E-state index contributed by atoms with van der Waals surface area (Å²) in [4.78, 5) is 46.1. The molecule has 9 nitrogen and oxygen atoms in total. The van der Waals surface area contributed by atoms with E-state index in [9.17, 15) is 14.4 Å². The lowest BCUT2D eigenvalue weighted by Gasteiger charge is -2.34. The van der Waals surface area contributed by atoms with Crippen LogP contribution in [0.4, 0.5) is 5.69 Å². The van der Waals surface area contributed by atoms with Crippen molar-refractivity contribution in [1.29, 1.82) is 0 Å². The van der Waals surface area contributed by atoms with Crippen molar-refractivity contribution in [3.8, 4) is 17.2 Å². The molecule has 2 amide bonds. The minimum absolute atomic E-state index is 0.00233. The van der Waals surface area contributed by atoms with Gasteiger partial charge in [0.15, 0.2) is 17.3 Å². The monoisotopic (exact) mass is 611 g/mol. The molecule has 5 rings (SSSR count). The number of aryl methyl sites for hydroxylation is 1. The van der Waals surface area contributed by atoms with Gasteiger partial charge >= 0.3 is 0 Å². The standard InChI is InChI=1S/C36H41N3O6/c1-23(40)24-11-10-14-28(19-24)39(33(41)18-17-25-22-37-30-16-9-8-15-29(25)30)34(36(42)38-27-12-6-5-7-13-27)26-20-31(43-2)35(45-4)32(21-26)44-3/h8-11,14-16,19-22,27,34,37H,5-7,12-13,17-18H2,1-4H3,(H,38,42)/t34-/m1/s1. The summed E-state index contributed by atoms with van der Waals surface area (Å²) in [6.07, 6.45) is 7.47. The molecular formula is C36H41N3O6. The molecule has 4 aromatic rings. The highest BCUT2D eigenvalue weighted by atomic mass is 16.5.